The highest BCUT2D eigenvalue weighted by atomic mass is 35.5. The fourth-order valence-electron chi connectivity index (χ4n) is 1.85. The molecular weight excluding hydrogens is 300 g/mol. The van der Waals surface area contributed by atoms with Crippen LogP contribution in [0.4, 0.5) is 4.39 Å². The lowest BCUT2D eigenvalue weighted by Crippen LogP contribution is -1.91. The number of fused-ring (bicyclic) bond motifs is 1. The van der Waals surface area contributed by atoms with Crippen LogP contribution in [-0.2, 0) is 0 Å². The van der Waals surface area contributed by atoms with Gasteiger partial charge in [0.2, 0.25) is 0 Å². The summed E-state index contributed by atoms with van der Waals surface area (Å²) < 4.78 is 18.6. The molecule has 0 aliphatic carbocycles. The van der Waals surface area contributed by atoms with Gasteiger partial charge in [-0.05, 0) is 36.4 Å². The van der Waals surface area contributed by atoms with Gasteiger partial charge in [0.05, 0.1) is 5.52 Å². The third kappa shape index (κ3) is 2.42. The van der Waals surface area contributed by atoms with Gasteiger partial charge in [0.15, 0.2) is 10.9 Å². The largest absolute Gasteiger partial charge is 0.455 e. The van der Waals surface area contributed by atoms with E-state index in [-0.39, 0.29) is 16.0 Å². The minimum atomic E-state index is -0.332. The number of rotatable bonds is 2. The van der Waals surface area contributed by atoms with Crippen molar-refractivity contribution in [3.8, 4) is 11.5 Å². The Balaban J connectivity index is 2.14. The first-order chi connectivity index (χ1) is 9.65. The Morgan fingerprint density at radius 1 is 0.950 bits per heavy atom. The van der Waals surface area contributed by atoms with Crippen molar-refractivity contribution in [2.24, 2.45) is 0 Å². The molecule has 0 unspecified atom stereocenters. The van der Waals surface area contributed by atoms with E-state index in [9.17, 15) is 4.39 Å². The van der Waals surface area contributed by atoms with E-state index in [2.05, 4.69) is 4.98 Å². The molecule has 0 aliphatic heterocycles. The van der Waals surface area contributed by atoms with Crippen LogP contribution in [0.1, 0.15) is 0 Å². The summed E-state index contributed by atoms with van der Waals surface area (Å²) in [5, 5.41) is 1.14. The van der Waals surface area contributed by atoms with Crippen LogP contribution in [0.5, 0.6) is 11.5 Å². The second kappa shape index (κ2) is 5.27. The number of pyridine rings is 1. The molecule has 100 valence electrons. The van der Waals surface area contributed by atoms with E-state index in [0.29, 0.717) is 17.0 Å². The van der Waals surface area contributed by atoms with Crippen LogP contribution in [-0.4, -0.2) is 4.98 Å². The maximum Gasteiger partial charge on any atom is 0.158 e. The Kier molecular flexibility index (Phi) is 3.47. The molecule has 1 heterocycles. The second-order valence-electron chi connectivity index (χ2n) is 4.12. The van der Waals surface area contributed by atoms with Crippen molar-refractivity contribution >= 4 is 34.1 Å². The zero-order chi connectivity index (χ0) is 14.1. The summed E-state index contributed by atoms with van der Waals surface area (Å²) >= 11 is 12.2. The standard InChI is InChI=1S/C15H8Cl2FNO/c16-13-14(20-10-7-5-9(18)6-8-10)11-3-1-2-4-12(11)19-15(13)17/h1-8H. The van der Waals surface area contributed by atoms with Crippen molar-refractivity contribution in [1.82, 2.24) is 4.98 Å². The van der Waals surface area contributed by atoms with Crippen LogP contribution < -0.4 is 4.74 Å². The molecule has 0 atom stereocenters. The van der Waals surface area contributed by atoms with Crippen LogP contribution in [0.2, 0.25) is 10.2 Å². The van der Waals surface area contributed by atoms with E-state index >= 15 is 0 Å². The van der Waals surface area contributed by atoms with Crippen molar-refractivity contribution in [3.63, 3.8) is 0 Å². The fraction of sp³-hybridized carbons (Fsp3) is 0. The molecule has 2 nitrogen and oxygen atoms in total. The Labute approximate surface area is 124 Å². The third-order valence-corrected chi connectivity index (χ3v) is 3.50. The topological polar surface area (TPSA) is 22.1 Å². The van der Waals surface area contributed by atoms with Gasteiger partial charge in [0.25, 0.3) is 0 Å². The van der Waals surface area contributed by atoms with E-state index in [0.717, 1.165) is 5.39 Å². The summed E-state index contributed by atoms with van der Waals surface area (Å²) in [7, 11) is 0. The minimum Gasteiger partial charge on any atom is -0.455 e. The first-order valence-corrected chi connectivity index (χ1v) is 6.58. The molecule has 0 fully saturated rings. The van der Waals surface area contributed by atoms with Crippen molar-refractivity contribution in [2.45, 2.75) is 0 Å². The summed E-state index contributed by atoms with van der Waals surface area (Å²) in [4.78, 5) is 4.19. The van der Waals surface area contributed by atoms with Gasteiger partial charge in [-0.15, -0.1) is 0 Å². The molecule has 1 aromatic heterocycles. The predicted octanol–water partition coefficient (Wildman–Crippen LogP) is 5.47. The van der Waals surface area contributed by atoms with E-state index in [4.69, 9.17) is 27.9 Å². The summed E-state index contributed by atoms with van der Waals surface area (Å²) in [6, 6.07) is 13.0. The normalized spacial score (nSPS) is 10.8. The average Bonchev–Trinajstić information content (AvgIpc) is 2.46. The van der Waals surface area contributed by atoms with Gasteiger partial charge in [-0.1, -0.05) is 35.3 Å². The van der Waals surface area contributed by atoms with Gasteiger partial charge in [-0.25, -0.2) is 9.37 Å². The molecular formula is C15H8Cl2FNO. The highest BCUT2D eigenvalue weighted by Crippen LogP contribution is 2.39. The Hall–Kier alpha value is -1.84. The zero-order valence-corrected chi connectivity index (χ0v) is 11.6. The van der Waals surface area contributed by atoms with Gasteiger partial charge in [-0.3, -0.25) is 0 Å². The second-order valence-corrected chi connectivity index (χ2v) is 4.85. The molecule has 20 heavy (non-hydrogen) atoms. The predicted molar refractivity (Wildman–Crippen MR) is 78.2 cm³/mol. The number of hydrogen-bond acceptors (Lipinski definition) is 2. The van der Waals surface area contributed by atoms with Gasteiger partial charge in [0, 0.05) is 5.39 Å². The molecule has 0 saturated carbocycles. The van der Waals surface area contributed by atoms with E-state index in [1.807, 2.05) is 24.3 Å². The average molecular weight is 308 g/mol. The van der Waals surface area contributed by atoms with Crippen LogP contribution in [0.15, 0.2) is 48.5 Å². The van der Waals surface area contributed by atoms with Crippen LogP contribution >= 0.6 is 23.2 Å². The van der Waals surface area contributed by atoms with Crippen molar-refractivity contribution in [2.75, 3.05) is 0 Å². The van der Waals surface area contributed by atoms with Crippen molar-refractivity contribution < 1.29 is 9.13 Å². The van der Waals surface area contributed by atoms with Crippen LogP contribution in [0.3, 0.4) is 0 Å². The highest BCUT2D eigenvalue weighted by molar-refractivity contribution is 6.43. The van der Waals surface area contributed by atoms with Gasteiger partial charge < -0.3 is 4.74 Å². The Morgan fingerprint density at radius 2 is 1.65 bits per heavy atom. The fourth-order valence-corrected chi connectivity index (χ4v) is 2.21. The summed E-state index contributed by atoms with van der Waals surface area (Å²) in [6.45, 7) is 0. The molecule has 0 amide bonds. The number of nitrogens with zero attached hydrogens (tertiary/aromatic N) is 1. The number of ether oxygens (including phenoxy) is 1. The molecule has 0 aliphatic rings. The van der Waals surface area contributed by atoms with Gasteiger partial charge in [0.1, 0.15) is 16.6 Å². The maximum atomic E-state index is 12.9. The van der Waals surface area contributed by atoms with Crippen molar-refractivity contribution in [1.29, 1.82) is 0 Å². The number of benzene rings is 2. The third-order valence-electron chi connectivity index (χ3n) is 2.78. The summed E-state index contributed by atoms with van der Waals surface area (Å²) in [5.41, 5.74) is 0.680. The van der Waals surface area contributed by atoms with Crippen molar-refractivity contribution in [3.05, 3.63) is 64.5 Å². The van der Waals surface area contributed by atoms with E-state index in [1.54, 1.807) is 0 Å². The molecule has 3 rings (SSSR count). The van der Waals surface area contributed by atoms with Gasteiger partial charge in [-0.2, -0.15) is 0 Å². The van der Waals surface area contributed by atoms with Crippen LogP contribution in [0.25, 0.3) is 10.9 Å². The Morgan fingerprint density at radius 3 is 2.40 bits per heavy atom. The van der Waals surface area contributed by atoms with Gasteiger partial charge >= 0.3 is 0 Å². The molecule has 2 aromatic carbocycles. The molecule has 0 saturated heterocycles. The lowest BCUT2D eigenvalue weighted by molar-refractivity contribution is 0.486. The molecule has 3 aromatic rings. The zero-order valence-electron chi connectivity index (χ0n) is 10.1. The molecule has 0 radical (unpaired) electrons. The maximum absolute atomic E-state index is 12.9. The molecule has 0 N–H and O–H groups in total. The number of aromatic nitrogens is 1. The van der Waals surface area contributed by atoms with E-state index < -0.39 is 0 Å². The SMILES string of the molecule is Fc1ccc(Oc2c(Cl)c(Cl)nc3ccccc23)cc1. The number of para-hydroxylation sites is 1. The first kappa shape index (κ1) is 13.2. The monoisotopic (exact) mass is 307 g/mol. The smallest absolute Gasteiger partial charge is 0.158 e. The minimum absolute atomic E-state index is 0.169. The summed E-state index contributed by atoms with van der Waals surface area (Å²) in [5.74, 6) is 0.552. The first-order valence-electron chi connectivity index (χ1n) is 5.82. The lowest BCUT2D eigenvalue weighted by atomic mass is 10.2. The molecule has 0 spiro atoms. The van der Waals surface area contributed by atoms with Crippen LogP contribution in [0, 0.1) is 5.82 Å². The Bertz CT molecular complexity index is 775. The number of hydrogen-bond donors (Lipinski definition) is 0. The lowest BCUT2D eigenvalue weighted by Gasteiger charge is -2.11. The molecule has 5 heteroatoms. The molecule has 0 bridgehead atoms. The quantitative estimate of drug-likeness (QED) is 0.585. The highest BCUT2D eigenvalue weighted by Gasteiger charge is 2.14. The van der Waals surface area contributed by atoms with E-state index in [1.165, 1.54) is 24.3 Å². The number of halogens is 3. The summed E-state index contributed by atoms with van der Waals surface area (Å²) in [6.07, 6.45) is 0.